The number of carbonyl (C=O) groups is 1. The van der Waals surface area contributed by atoms with E-state index < -0.39 is 0 Å². The number of amides is 1. The van der Waals surface area contributed by atoms with Crippen LogP contribution in [0.15, 0.2) is 97.2 Å². The quantitative estimate of drug-likeness (QED) is 0.287. The number of hydrogen-bond donors (Lipinski definition) is 2. The molecule has 1 amide bonds. The van der Waals surface area contributed by atoms with Crippen molar-refractivity contribution in [3.63, 3.8) is 0 Å². The molecule has 0 unspecified atom stereocenters. The van der Waals surface area contributed by atoms with Crippen LogP contribution in [0.1, 0.15) is 22.3 Å². The molecule has 2 N–H and O–H groups in total. The van der Waals surface area contributed by atoms with Gasteiger partial charge in [0.2, 0.25) is 0 Å². The zero-order valence-electron chi connectivity index (χ0n) is 22.0. The van der Waals surface area contributed by atoms with Gasteiger partial charge in [-0.25, -0.2) is 0 Å². The minimum Gasteiger partial charge on any atom is -0.385 e. The van der Waals surface area contributed by atoms with Gasteiger partial charge in [-0.15, -0.1) is 0 Å². The first-order valence-corrected chi connectivity index (χ1v) is 13.4. The number of aromatic nitrogens is 1. The molecule has 5 rings (SSSR count). The third kappa shape index (κ3) is 5.82. The Kier molecular flexibility index (Phi) is 8.53. The minimum absolute atomic E-state index is 0.0792. The Balaban J connectivity index is 1.51. The summed E-state index contributed by atoms with van der Waals surface area (Å²) in [6.45, 7) is 3.79. The Hall–Kier alpha value is -3.87. The average Bonchev–Trinajstić information content (AvgIpc) is 3.42. The number of benzene rings is 3. The van der Waals surface area contributed by atoms with Crippen molar-refractivity contribution >= 4 is 11.6 Å². The molecule has 0 aliphatic carbocycles. The number of nitrogens with one attached hydrogen (secondary N) is 2. The SMILES string of the molecule is COCCCNc1ccccc1-n1ccc(C(=O)N2CCNC[C@H]2Cc2ccccc2)c1-c1ccccc1. The molecule has 6 heteroatoms. The fourth-order valence-corrected chi connectivity index (χ4v) is 5.22. The lowest BCUT2D eigenvalue weighted by molar-refractivity contribution is 0.0637. The van der Waals surface area contributed by atoms with Gasteiger partial charge in [-0.3, -0.25) is 4.79 Å². The predicted molar refractivity (Wildman–Crippen MR) is 154 cm³/mol. The number of ether oxygens (including phenoxy) is 1. The van der Waals surface area contributed by atoms with Gasteiger partial charge in [-0.2, -0.15) is 0 Å². The first-order valence-electron chi connectivity index (χ1n) is 13.4. The molecule has 1 fully saturated rings. The van der Waals surface area contributed by atoms with Crippen molar-refractivity contribution in [2.45, 2.75) is 18.9 Å². The fourth-order valence-electron chi connectivity index (χ4n) is 5.22. The molecule has 0 bridgehead atoms. The highest BCUT2D eigenvalue weighted by Crippen LogP contribution is 2.32. The zero-order valence-corrected chi connectivity index (χ0v) is 22.0. The molecule has 0 spiro atoms. The van der Waals surface area contributed by atoms with Crippen LogP contribution in [0.3, 0.4) is 0 Å². The van der Waals surface area contributed by atoms with Gasteiger partial charge in [0, 0.05) is 52.1 Å². The van der Waals surface area contributed by atoms with Crippen LogP contribution in [0.5, 0.6) is 0 Å². The van der Waals surface area contributed by atoms with Gasteiger partial charge in [0.25, 0.3) is 5.91 Å². The smallest absolute Gasteiger partial charge is 0.256 e. The number of para-hydroxylation sites is 2. The topological polar surface area (TPSA) is 58.5 Å². The van der Waals surface area contributed by atoms with Gasteiger partial charge in [0.15, 0.2) is 0 Å². The number of rotatable bonds is 10. The summed E-state index contributed by atoms with van der Waals surface area (Å²) < 4.78 is 7.36. The summed E-state index contributed by atoms with van der Waals surface area (Å²) in [6, 6.07) is 31.0. The molecule has 1 saturated heterocycles. The number of anilines is 1. The van der Waals surface area contributed by atoms with Gasteiger partial charge >= 0.3 is 0 Å². The number of methoxy groups -OCH3 is 1. The lowest BCUT2D eigenvalue weighted by atomic mass is 10.0. The van der Waals surface area contributed by atoms with E-state index >= 15 is 0 Å². The molecule has 1 aromatic heterocycles. The summed E-state index contributed by atoms with van der Waals surface area (Å²) in [5, 5.41) is 7.05. The first-order chi connectivity index (χ1) is 18.8. The van der Waals surface area contributed by atoms with Crippen molar-refractivity contribution in [2.24, 2.45) is 0 Å². The Morgan fingerprint density at radius 1 is 0.974 bits per heavy atom. The molecular weight excluding hydrogens is 472 g/mol. The number of nitrogens with zero attached hydrogens (tertiary/aromatic N) is 2. The largest absolute Gasteiger partial charge is 0.385 e. The van der Waals surface area contributed by atoms with Crippen LogP contribution >= 0.6 is 0 Å². The molecule has 38 heavy (non-hydrogen) atoms. The van der Waals surface area contributed by atoms with E-state index in [1.165, 1.54) is 5.56 Å². The van der Waals surface area contributed by atoms with E-state index in [2.05, 4.69) is 68.6 Å². The van der Waals surface area contributed by atoms with Gasteiger partial charge in [-0.1, -0.05) is 72.8 Å². The lowest BCUT2D eigenvalue weighted by Crippen LogP contribution is -2.54. The predicted octanol–water partition coefficient (Wildman–Crippen LogP) is 5.25. The Labute approximate surface area is 225 Å². The van der Waals surface area contributed by atoms with Crippen LogP contribution in [0.25, 0.3) is 16.9 Å². The Bertz CT molecular complexity index is 1320. The molecule has 4 aromatic rings. The molecule has 0 saturated carbocycles. The highest BCUT2D eigenvalue weighted by molar-refractivity contribution is 6.01. The Morgan fingerprint density at radius 3 is 2.50 bits per heavy atom. The number of hydrogen-bond acceptors (Lipinski definition) is 4. The van der Waals surface area contributed by atoms with Gasteiger partial charge in [0.1, 0.15) is 0 Å². The molecule has 6 nitrogen and oxygen atoms in total. The third-order valence-corrected chi connectivity index (χ3v) is 7.09. The first kappa shape index (κ1) is 25.8. The molecule has 0 radical (unpaired) electrons. The summed E-state index contributed by atoms with van der Waals surface area (Å²) in [5.41, 5.74) is 5.95. The standard InChI is InChI=1S/C32H36N4O2/c1-38-22-10-18-34-29-15-8-9-16-30(29)36-20-17-28(31(36)26-13-6-3-7-14-26)32(37)35-21-19-33-24-27(35)23-25-11-4-2-5-12-25/h2-9,11-17,20,27,33-34H,10,18-19,21-24H2,1H3/t27-/m1/s1. The van der Waals surface area contributed by atoms with Crippen molar-refractivity contribution in [3.8, 4) is 16.9 Å². The maximum atomic E-state index is 14.2. The van der Waals surface area contributed by atoms with Gasteiger partial charge in [-0.05, 0) is 42.2 Å². The molecular formula is C32H36N4O2. The van der Waals surface area contributed by atoms with E-state index in [9.17, 15) is 4.79 Å². The van der Waals surface area contributed by atoms with Crippen LogP contribution in [0, 0.1) is 0 Å². The Morgan fingerprint density at radius 2 is 1.71 bits per heavy atom. The van der Waals surface area contributed by atoms with Crippen molar-refractivity contribution in [3.05, 3.63) is 108 Å². The highest BCUT2D eigenvalue weighted by Gasteiger charge is 2.30. The van der Waals surface area contributed by atoms with Crippen LogP contribution < -0.4 is 10.6 Å². The second-order valence-electron chi connectivity index (χ2n) is 9.65. The monoisotopic (exact) mass is 508 g/mol. The summed E-state index contributed by atoms with van der Waals surface area (Å²) in [6.07, 6.45) is 3.77. The summed E-state index contributed by atoms with van der Waals surface area (Å²) in [4.78, 5) is 16.3. The van der Waals surface area contributed by atoms with E-state index in [1.807, 2.05) is 48.7 Å². The maximum Gasteiger partial charge on any atom is 0.256 e. The molecule has 1 aliphatic heterocycles. The van der Waals surface area contributed by atoms with E-state index in [-0.39, 0.29) is 11.9 Å². The molecule has 196 valence electrons. The average molecular weight is 509 g/mol. The zero-order chi connectivity index (χ0) is 26.2. The lowest BCUT2D eigenvalue weighted by Gasteiger charge is -2.36. The number of piperazine rings is 1. The second-order valence-corrected chi connectivity index (χ2v) is 9.65. The van der Waals surface area contributed by atoms with Crippen molar-refractivity contribution in [2.75, 3.05) is 45.2 Å². The van der Waals surface area contributed by atoms with Crippen molar-refractivity contribution in [1.29, 1.82) is 0 Å². The van der Waals surface area contributed by atoms with Crippen molar-refractivity contribution in [1.82, 2.24) is 14.8 Å². The van der Waals surface area contributed by atoms with E-state index in [0.29, 0.717) is 13.2 Å². The summed E-state index contributed by atoms with van der Waals surface area (Å²) in [5.74, 6) is 0.0792. The molecule has 2 heterocycles. The summed E-state index contributed by atoms with van der Waals surface area (Å²) in [7, 11) is 1.72. The van der Waals surface area contributed by atoms with E-state index in [4.69, 9.17) is 4.74 Å². The molecule has 1 aliphatic rings. The van der Waals surface area contributed by atoms with Crippen molar-refractivity contribution < 1.29 is 9.53 Å². The van der Waals surface area contributed by atoms with Crippen LogP contribution in [-0.4, -0.2) is 61.3 Å². The minimum atomic E-state index is 0.0792. The van der Waals surface area contributed by atoms with Gasteiger partial charge in [0.05, 0.1) is 22.6 Å². The highest BCUT2D eigenvalue weighted by atomic mass is 16.5. The normalized spacial score (nSPS) is 15.4. The maximum absolute atomic E-state index is 14.2. The van der Waals surface area contributed by atoms with E-state index in [1.54, 1.807) is 7.11 Å². The molecule has 3 aromatic carbocycles. The second kappa shape index (κ2) is 12.6. The van der Waals surface area contributed by atoms with E-state index in [0.717, 1.165) is 60.7 Å². The van der Waals surface area contributed by atoms with Gasteiger partial charge < -0.3 is 24.8 Å². The third-order valence-electron chi connectivity index (χ3n) is 7.09. The van der Waals surface area contributed by atoms with Crippen LogP contribution in [0.2, 0.25) is 0 Å². The summed E-state index contributed by atoms with van der Waals surface area (Å²) >= 11 is 0. The molecule has 1 atom stereocenters. The van der Waals surface area contributed by atoms with Crippen LogP contribution in [0.4, 0.5) is 5.69 Å². The number of carbonyl (C=O) groups excluding carboxylic acids is 1. The fraction of sp³-hybridized carbons (Fsp3) is 0.281. The van der Waals surface area contributed by atoms with Crippen LogP contribution in [-0.2, 0) is 11.2 Å².